The van der Waals surface area contributed by atoms with Crippen LogP contribution in [0.1, 0.15) is 24.8 Å². The van der Waals surface area contributed by atoms with Crippen molar-refractivity contribution in [3.63, 3.8) is 0 Å². The van der Waals surface area contributed by atoms with Gasteiger partial charge in [0.2, 0.25) is 0 Å². The van der Waals surface area contributed by atoms with Gasteiger partial charge in [0, 0.05) is 13.5 Å². The van der Waals surface area contributed by atoms with Crippen molar-refractivity contribution in [1.82, 2.24) is 9.88 Å². The van der Waals surface area contributed by atoms with Gasteiger partial charge in [0.15, 0.2) is 11.5 Å². The van der Waals surface area contributed by atoms with Crippen LogP contribution in [0.25, 0.3) is 11.1 Å². The van der Waals surface area contributed by atoms with Crippen molar-refractivity contribution in [2.24, 2.45) is 11.7 Å². The Morgan fingerprint density at radius 1 is 1.42 bits per heavy atom. The molecule has 0 aliphatic heterocycles. The van der Waals surface area contributed by atoms with E-state index in [0.717, 1.165) is 43.0 Å². The van der Waals surface area contributed by atoms with E-state index in [-0.39, 0.29) is 0 Å². The molecule has 0 saturated heterocycles. The minimum absolute atomic E-state index is 0.585. The molecule has 0 aliphatic rings. The van der Waals surface area contributed by atoms with E-state index in [1.165, 1.54) is 5.56 Å². The predicted octanol–water partition coefficient (Wildman–Crippen LogP) is 2.55. The van der Waals surface area contributed by atoms with Crippen molar-refractivity contribution in [2.75, 3.05) is 20.1 Å². The van der Waals surface area contributed by atoms with E-state index in [9.17, 15) is 0 Å². The molecule has 1 aromatic heterocycles. The zero-order valence-electron chi connectivity index (χ0n) is 12.0. The zero-order valence-corrected chi connectivity index (χ0v) is 12.0. The monoisotopic (exact) mass is 261 g/mol. The molecule has 1 heterocycles. The third kappa shape index (κ3) is 3.78. The number of aryl methyl sites for hydroxylation is 1. The lowest BCUT2D eigenvalue weighted by Crippen LogP contribution is -2.23. The van der Waals surface area contributed by atoms with Crippen LogP contribution in [-0.2, 0) is 6.54 Å². The van der Waals surface area contributed by atoms with Gasteiger partial charge in [0.05, 0.1) is 0 Å². The fourth-order valence-corrected chi connectivity index (χ4v) is 2.13. The molecule has 0 radical (unpaired) electrons. The molecule has 0 aliphatic carbocycles. The molecule has 19 heavy (non-hydrogen) atoms. The summed E-state index contributed by atoms with van der Waals surface area (Å²) < 4.78 is 5.56. The largest absolute Gasteiger partial charge is 0.441 e. The van der Waals surface area contributed by atoms with Crippen molar-refractivity contribution in [2.45, 2.75) is 26.8 Å². The molecule has 1 atom stereocenters. The number of benzene rings is 1. The Kier molecular flexibility index (Phi) is 4.56. The van der Waals surface area contributed by atoms with Gasteiger partial charge >= 0.3 is 0 Å². The maximum Gasteiger partial charge on any atom is 0.192 e. The summed E-state index contributed by atoms with van der Waals surface area (Å²) in [7, 11) is 2.14. The average Bonchev–Trinajstić information content (AvgIpc) is 2.75. The van der Waals surface area contributed by atoms with E-state index < -0.39 is 0 Å². The fraction of sp³-hybridized carbons (Fsp3) is 0.533. The summed E-state index contributed by atoms with van der Waals surface area (Å²) in [6.45, 7) is 6.81. The van der Waals surface area contributed by atoms with E-state index in [1.54, 1.807) is 0 Å². The molecule has 104 valence electrons. The minimum Gasteiger partial charge on any atom is -0.441 e. The van der Waals surface area contributed by atoms with Crippen molar-refractivity contribution < 1.29 is 4.42 Å². The van der Waals surface area contributed by atoms with Crippen LogP contribution >= 0.6 is 0 Å². The molecule has 1 unspecified atom stereocenters. The second-order valence-corrected chi connectivity index (χ2v) is 5.40. The lowest BCUT2D eigenvalue weighted by molar-refractivity contribution is 0.300. The molecular formula is C15H23N3O. The second-order valence-electron chi connectivity index (χ2n) is 5.40. The summed E-state index contributed by atoms with van der Waals surface area (Å²) >= 11 is 0. The molecule has 0 bridgehead atoms. The summed E-state index contributed by atoms with van der Waals surface area (Å²) in [6.07, 6.45) is 1.14. The van der Waals surface area contributed by atoms with E-state index in [1.807, 2.05) is 13.0 Å². The Balaban J connectivity index is 1.96. The quantitative estimate of drug-likeness (QED) is 0.868. The topological polar surface area (TPSA) is 55.3 Å². The highest BCUT2D eigenvalue weighted by atomic mass is 16.3. The van der Waals surface area contributed by atoms with Crippen LogP contribution in [0.4, 0.5) is 0 Å². The molecule has 2 rings (SSSR count). The van der Waals surface area contributed by atoms with Crippen LogP contribution in [-0.4, -0.2) is 30.0 Å². The lowest BCUT2D eigenvalue weighted by atomic mass is 10.1. The highest BCUT2D eigenvalue weighted by molar-refractivity contribution is 5.73. The van der Waals surface area contributed by atoms with Gasteiger partial charge in [-0.05, 0) is 50.2 Å². The van der Waals surface area contributed by atoms with Crippen molar-refractivity contribution >= 4 is 11.1 Å². The second kappa shape index (κ2) is 6.17. The molecule has 0 saturated carbocycles. The van der Waals surface area contributed by atoms with Crippen molar-refractivity contribution in [3.05, 3.63) is 29.7 Å². The number of fused-ring (bicyclic) bond motifs is 1. The van der Waals surface area contributed by atoms with E-state index in [2.05, 4.69) is 36.0 Å². The standard InChI is InChI=1S/C15H23N3O/c1-11(9-16)6-7-18(3)10-13-4-5-14-15(8-13)19-12(2)17-14/h4-5,8,11H,6-7,9-10,16H2,1-3H3. The Bertz CT molecular complexity index is 535. The van der Waals surface area contributed by atoms with Gasteiger partial charge in [-0.15, -0.1) is 0 Å². The van der Waals surface area contributed by atoms with Gasteiger partial charge in [-0.1, -0.05) is 13.0 Å². The normalized spacial score (nSPS) is 13.3. The van der Waals surface area contributed by atoms with Crippen molar-refractivity contribution in [3.8, 4) is 0 Å². The molecule has 4 nitrogen and oxygen atoms in total. The van der Waals surface area contributed by atoms with Gasteiger partial charge in [-0.3, -0.25) is 0 Å². The molecule has 2 aromatic rings. The third-order valence-electron chi connectivity index (χ3n) is 3.42. The molecular weight excluding hydrogens is 238 g/mol. The van der Waals surface area contributed by atoms with E-state index in [0.29, 0.717) is 5.92 Å². The smallest absolute Gasteiger partial charge is 0.192 e. The summed E-state index contributed by atoms with van der Waals surface area (Å²) in [4.78, 5) is 6.63. The Hall–Kier alpha value is -1.39. The number of oxazole rings is 1. The summed E-state index contributed by atoms with van der Waals surface area (Å²) in [6, 6.07) is 6.23. The number of nitrogens with two attached hydrogens (primary N) is 1. The first kappa shape index (κ1) is 14.0. The first-order valence-electron chi connectivity index (χ1n) is 6.83. The van der Waals surface area contributed by atoms with Gasteiger partial charge < -0.3 is 15.1 Å². The Morgan fingerprint density at radius 3 is 2.95 bits per heavy atom. The summed E-state index contributed by atoms with van der Waals surface area (Å²) in [5.41, 5.74) is 8.70. The molecule has 0 amide bonds. The third-order valence-corrected chi connectivity index (χ3v) is 3.42. The Morgan fingerprint density at radius 2 is 2.21 bits per heavy atom. The number of nitrogens with zero attached hydrogens (tertiary/aromatic N) is 2. The van der Waals surface area contributed by atoms with Gasteiger partial charge in [-0.2, -0.15) is 0 Å². The van der Waals surface area contributed by atoms with Crippen LogP contribution in [0.15, 0.2) is 22.6 Å². The average molecular weight is 261 g/mol. The zero-order chi connectivity index (χ0) is 13.8. The highest BCUT2D eigenvalue weighted by Crippen LogP contribution is 2.17. The highest BCUT2D eigenvalue weighted by Gasteiger charge is 2.07. The number of rotatable bonds is 6. The molecule has 0 spiro atoms. The van der Waals surface area contributed by atoms with Gasteiger partial charge in [0.25, 0.3) is 0 Å². The molecule has 0 fully saturated rings. The first-order chi connectivity index (χ1) is 9.08. The summed E-state index contributed by atoms with van der Waals surface area (Å²) in [5.74, 6) is 1.30. The molecule has 4 heteroatoms. The minimum atomic E-state index is 0.585. The van der Waals surface area contributed by atoms with E-state index >= 15 is 0 Å². The predicted molar refractivity (Wildman–Crippen MR) is 77.9 cm³/mol. The van der Waals surface area contributed by atoms with Crippen LogP contribution < -0.4 is 5.73 Å². The number of hydrogen-bond acceptors (Lipinski definition) is 4. The van der Waals surface area contributed by atoms with Crippen molar-refractivity contribution in [1.29, 1.82) is 0 Å². The first-order valence-corrected chi connectivity index (χ1v) is 6.83. The SMILES string of the molecule is Cc1nc2ccc(CN(C)CCC(C)CN)cc2o1. The molecule has 2 N–H and O–H groups in total. The van der Waals surface area contributed by atoms with Gasteiger partial charge in [-0.25, -0.2) is 4.98 Å². The lowest BCUT2D eigenvalue weighted by Gasteiger charge is -2.18. The maximum absolute atomic E-state index is 5.64. The Labute approximate surface area is 114 Å². The van der Waals surface area contributed by atoms with Crippen LogP contribution in [0.5, 0.6) is 0 Å². The van der Waals surface area contributed by atoms with Crippen LogP contribution in [0.2, 0.25) is 0 Å². The van der Waals surface area contributed by atoms with Crippen LogP contribution in [0.3, 0.4) is 0 Å². The van der Waals surface area contributed by atoms with E-state index in [4.69, 9.17) is 10.2 Å². The molecule has 1 aromatic carbocycles. The summed E-state index contributed by atoms with van der Waals surface area (Å²) in [5, 5.41) is 0. The maximum atomic E-state index is 5.64. The fourth-order valence-electron chi connectivity index (χ4n) is 2.13. The van der Waals surface area contributed by atoms with Gasteiger partial charge in [0.1, 0.15) is 5.52 Å². The van der Waals surface area contributed by atoms with Crippen LogP contribution in [0, 0.1) is 12.8 Å². The number of hydrogen-bond donors (Lipinski definition) is 1. The number of aromatic nitrogens is 1.